The maximum Gasteiger partial charge on any atom is 0.336 e. The number of phenols is 1. The Kier molecular flexibility index (Phi) is 3.06. The number of aromatic hydroxyl groups is 1. The molecule has 0 atom stereocenters. The van der Waals surface area contributed by atoms with E-state index >= 15 is 0 Å². The van der Waals surface area contributed by atoms with Crippen LogP contribution in [-0.2, 0) is 11.2 Å². The summed E-state index contributed by atoms with van der Waals surface area (Å²) in [6.45, 7) is 0. The zero-order chi connectivity index (χ0) is 13.3. The number of carbonyl (C=O) groups is 1. The summed E-state index contributed by atoms with van der Waals surface area (Å²) in [5.41, 5.74) is 0.346. The zero-order valence-corrected chi connectivity index (χ0v) is 10.1. The summed E-state index contributed by atoms with van der Waals surface area (Å²) in [6, 6.07) is 5.79. The molecule has 0 spiro atoms. The van der Waals surface area contributed by atoms with Crippen molar-refractivity contribution in [3.8, 4) is 5.75 Å². The van der Waals surface area contributed by atoms with E-state index in [2.05, 4.69) is 0 Å². The van der Waals surface area contributed by atoms with Gasteiger partial charge in [-0.15, -0.1) is 0 Å². The number of likely N-dealkylation sites (N-methyl/N-ethyl adjacent to an activating group) is 1. The number of phenolic OH excluding ortho intramolecular Hbond substituents is 1. The number of amides is 1. The van der Waals surface area contributed by atoms with E-state index in [1.165, 1.54) is 23.1 Å². The van der Waals surface area contributed by atoms with Crippen LogP contribution in [0.1, 0.15) is 5.56 Å². The van der Waals surface area contributed by atoms with Crippen LogP contribution in [0.5, 0.6) is 5.75 Å². The van der Waals surface area contributed by atoms with Gasteiger partial charge in [-0.1, -0.05) is 0 Å². The number of fused-ring (bicyclic) bond motifs is 1. The van der Waals surface area contributed by atoms with Gasteiger partial charge in [0, 0.05) is 31.6 Å². The summed E-state index contributed by atoms with van der Waals surface area (Å²) in [4.78, 5) is 24.5. The lowest BCUT2D eigenvalue weighted by Crippen LogP contribution is -2.24. The smallest absolute Gasteiger partial charge is 0.336 e. The lowest BCUT2D eigenvalue weighted by atomic mass is 10.1. The van der Waals surface area contributed by atoms with Crippen molar-refractivity contribution in [3.63, 3.8) is 0 Å². The third-order valence-electron chi connectivity index (χ3n) is 2.65. The van der Waals surface area contributed by atoms with Crippen molar-refractivity contribution in [2.45, 2.75) is 6.42 Å². The highest BCUT2D eigenvalue weighted by Gasteiger charge is 2.11. The second-order valence-electron chi connectivity index (χ2n) is 4.24. The van der Waals surface area contributed by atoms with E-state index in [9.17, 15) is 14.7 Å². The van der Waals surface area contributed by atoms with Crippen LogP contribution < -0.4 is 5.63 Å². The molecule has 1 aromatic carbocycles. The minimum absolute atomic E-state index is 0.0155. The molecule has 1 aromatic heterocycles. The van der Waals surface area contributed by atoms with Gasteiger partial charge in [-0.2, -0.15) is 0 Å². The summed E-state index contributed by atoms with van der Waals surface area (Å²) in [5.74, 6) is -0.0864. The third-order valence-corrected chi connectivity index (χ3v) is 2.65. The topological polar surface area (TPSA) is 70.8 Å². The van der Waals surface area contributed by atoms with Crippen molar-refractivity contribution in [1.29, 1.82) is 0 Å². The standard InChI is InChI=1S/C13H13NO4/c1-14(2)12(16)5-8-6-13(17)18-11-7-9(15)3-4-10(8)11/h3-4,6-7,15H,5H2,1-2H3. The second kappa shape index (κ2) is 4.52. The Morgan fingerprint density at radius 2 is 2.06 bits per heavy atom. The average Bonchev–Trinajstić information content (AvgIpc) is 2.27. The number of hydrogen-bond donors (Lipinski definition) is 1. The Bertz CT molecular complexity index is 658. The molecule has 1 heterocycles. The first-order valence-corrected chi connectivity index (χ1v) is 5.43. The van der Waals surface area contributed by atoms with Gasteiger partial charge in [0.15, 0.2) is 0 Å². The van der Waals surface area contributed by atoms with Crippen LogP contribution in [0, 0.1) is 0 Å². The highest BCUT2D eigenvalue weighted by molar-refractivity contribution is 5.87. The maximum absolute atomic E-state index is 11.7. The Balaban J connectivity index is 2.56. The van der Waals surface area contributed by atoms with E-state index in [-0.39, 0.29) is 23.7 Å². The molecule has 18 heavy (non-hydrogen) atoms. The van der Waals surface area contributed by atoms with Gasteiger partial charge in [0.05, 0.1) is 6.42 Å². The fourth-order valence-corrected chi connectivity index (χ4v) is 1.69. The molecule has 2 rings (SSSR count). The van der Waals surface area contributed by atoms with Crippen molar-refractivity contribution < 1.29 is 14.3 Å². The summed E-state index contributed by atoms with van der Waals surface area (Å²) in [6.07, 6.45) is 0.125. The summed E-state index contributed by atoms with van der Waals surface area (Å²) in [5, 5.41) is 10.0. The molecule has 0 aliphatic heterocycles. The van der Waals surface area contributed by atoms with Gasteiger partial charge in [0.2, 0.25) is 5.91 Å². The lowest BCUT2D eigenvalue weighted by Gasteiger charge is -2.11. The molecular formula is C13H13NO4. The van der Waals surface area contributed by atoms with Crippen molar-refractivity contribution in [2.75, 3.05) is 14.1 Å². The van der Waals surface area contributed by atoms with Crippen LogP contribution in [0.25, 0.3) is 11.0 Å². The van der Waals surface area contributed by atoms with E-state index in [1.54, 1.807) is 20.2 Å². The van der Waals surface area contributed by atoms with Gasteiger partial charge in [0.25, 0.3) is 0 Å². The molecule has 0 fully saturated rings. The Hall–Kier alpha value is -2.30. The first-order valence-electron chi connectivity index (χ1n) is 5.43. The minimum atomic E-state index is -0.533. The van der Waals surface area contributed by atoms with Gasteiger partial charge < -0.3 is 14.4 Å². The fraction of sp³-hybridized carbons (Fsp3) is 0.231. The second-order valence-corrected chi connectivity index (χ2v) is 4.24. The normalized spacial score (nSPS) is 10.6. The van der Waals surface area contributed by atoms with E-state index in [0.29, 0.717) is 10.9 Å². The first-order chi connectivity index (χ1) is 8.47. The van der Waals surface area contributed by atoms with Crippen LogP contribution in [0.2, 0.25) is 0 Å². The number of nitrogens with zero attached hydrogens (tertiary/aromatic N) is 1. The van der Waals surface area contributed by atoms with Gasteiger partial charge in [-0.05, 0) is 17.7 Å². The monoisotopic (exact) mass is 247 g/mol. The van der Waals surface area contributed by atoms with E-state index in [1.807, 2.05) is 0 Å². The molecule has 5 heteroatoms. The molecule has 5 nitrogen and oxygen atoms in total. The van der Waals surface area contributed by atoms with Crippen molar-refractivity contribution in [1.82, 2.24) is 4.90 Å². The van der Waals surface area contributed by atoms with E-state index in [4.69, 9.17) is 4.42 Å². The lowest BCUT2D eigenvalue weighted by molar-refractivity contribution is -0.127. The van der Waals surface area contributed by atoms with Crippen LogP contribution in [-0.4, -0.2) is 30.0 Å². The fourth-order valence-electron chi connectivity index (χ4n) is 1.69. The molecule has 0 saturated heterocycles. The molecule has 0 saturated carbocycles. The van der Waals surface area contributed by atoms with Crippen LogP contribution >= 0.6 is 0 Å². The van der Waals surface area contributed by atoms with Crippen molar-refractivity contribution >= 4 is 16.9 Å². The average molecular weight is 247 g/mol. The molecule has 0 unspecified atom stereocenters. The zero-order valence-electron chi connectivity index (χ0n) is 10.1. The van der Waals surface area contributed by atoms with Gasteiger partial charge in [-0.3, -0.25) is 4.79 Å². The maximum atomic E-state index is 11.7. The molecular weight excluding hydrogens is 234 g/mol. The summed E-state index contributed by atoms with van der Waals surface area (Å²) in [7, 11) is 3.31. The SMILES string of the molecule is CN(C)C(=O)Cc1cc(=O)oc2cc(O)ccc12. The molecule has 0 aliphatic rings. The quantitative estimate of drug-likeness (QED) is 0.807. The van der Waals surface area contributed by atoms with Crippen molar-refractivity contribution in [2.24, 2.45) is 0 Å². The van der Waals surface area contributed by atoms with Gasteiger partial charge >= 0.3 is 5.63 Å². The Morgan fingerprint density at radius 3 is 2.72 bits per heavy atom. The van der Waals surface area contributed by atoms with Crippen molar-refractivity contribution in [3.05, 3.63) is 40.2 Å². The van der Waals surface area contributed by atoms with Gasteiger partial charge in [0.1, 0.15) is 11.3 Å². The highest BCUT2D eigenvalue weighted by Crippen LogP contribution is 2.22. The molecule has 0 radical (unpaired) electrons. The number of rotatable bonds is 2. The predicted molar refractivity (Wildman–Crippen MR) is 66.5 cm³/mol. The number of hydrogen-bond acceptors (Lipinski definition) is 4. The predicted octanol–water partition coefficient (Wildman–Crippen LogP) is 1.13. The number of benzene rings is 1. The van der Waals surface area contributed by atoms with Crippen LogP contribution in [0.4, 0.5) is 0 Å². The summed E-state index contributed by atoms with van der Waals surface area (Å²) < 4.78 is 4.98. The molecule has 0 aliphatic carbocycles. The van der Waals surface area contributed by atoms with Crippen LogP contribution in [0.15, 0.2) is 33.5 Å². The van der Waals surface area contributed by atoms with E-state index in [0.717, 1.165) is 0 Å². The third kappa shape index (κ3) is 2.34. The number of carbonyl (C=O) groups excluding carboxylic acids is 1. The largest absolute Gasteiger partial charge is 0.508 e. The molecule has 1 N–H and O–H groups in total. The summed E-state index contributed by atoms with van der Waals surface area (Å²) >= 11 is 0. The molecule has 2 aromatic rings. The molecule has 1 amide bonds. The Morgan fingerprint density at radius 1 is 1.33 bits per heavy atom. The molecule has 94 valence electrons. The van der Waals surface area contributed by atoms with Gasteiger partial charge in [-0.25, -0.2) is 4.79 Å². The first kappa shape index (κ1) is 12.2. The highest BCUT2D eigenvalue weighted by atomic mass is 16.4. The minimum Gasteiger partial charge on any atom is -0.508 e. The Labute approximate surface area is 103 Å². The van der Waals surface area contributed by atoms with Crippen LogP contribution in [0.3, 0.4) is 0 Å². The molecule has 0 bridgehead atoms. The van der Waals surface area contributed by atoms with E-state index < -0.39 is 5.63 Å².